The predicted octanol–water partition coefficient (Wildman–Crippen LogP) is 2.42. The zero-order valence-electron chi connectivity index (χ0n) is 13.7. The number of carbonyl (C=O) groups excluding carboxylic acids is 1. The Hall–Kier alpha value is -3.19. The molecular weight excluding hydrogens is 320 g/mol. The first-order valence-electron chi connectivity index (χ1n) is 7.78. The first-order chi connectivity index (χ1) is 12.2. The fourth-order valence-corrected chi connectivity index (χ4v) is 2.30. The van der Waals surface area contributed by atoms with Crippen molar-refractivity contribution in [1.82, 2.24) is 10.1 Å². The van der Waals surface area contributed by atoms with Crippen LogP contribution in [0.5, 0.6) is 0 Å². The first-order valence-corrected chi connectivity index (χ1v) is 7.78. The van der Waals surface area contributed by atoms with Crippen LogP contribution < -0.4 is 10.2 Å². The number of rotatable bonds is 6. The average molecular weight is 338 g/mol. The van der Waals surface area contributed by atoms with Gasteiger partial charge in [-0.15, -0.1) is 0 Å². The van der Waals surface area contributed by atoms with Gasteiger partial charge in [0.05, 0.1) is 6.61 Å². The summed E-state index contributed by atoms with van der Waals surface area (Å²) in [5.41, 5.74) is 2.55. The maximum atomic E-state index is 12.3. The van der Waals surface area contributed by atoms with Gasteiger partial charge < -0.3 is 19.8 Å². The number of nitrogens with zero attached hydrogens (tertiary/aromatic N) is 3. The standard InChI is InChI=1S/C18H18N4O3/c1-22(9-10-23)15-6-4-14(5-7-15)20-18(24)16-11-17(25-21-16)13-3-2-8-19-12-13/h2-8,11-12,23H,9-10H2,1H3,(H,20,24). The van der Waals surface area contributed by atoms with E-state index in [0.29, 0.717) is 18.0 Å². The molecule has 0 aliphatic heterocycles. The summed E-state index contributed by atoms with van der Waals surface area (Å²) >= 11 is 0. The van der Waals surface area contributed by atoms with Gasteiger partial charge in [0.25, 0.3) is 5.91 Å². The summed E-state index contributed by atoms with van der Waals surface area (Å²) in [5.74, 6) is 0.134. The molecule has 7 nitrogen and oxygen atoms in total. The Balaban J connectivity index is 1.67. The highest BCUT2D eigenvalue weighted by molar-refractivity contribution is 6.03. The number of aromatic nitrogens is 2. The Morgan fingerprint density at radius 3 is 2.76 bits per heavy atom. The molecule has 0 aliphatic rings. The Bertz CT molecular complexity index is 831. The van der Waals surface area contributed by atoms with Gasteiger partial charge in [-0.25, -0.2) is 0 Å². The van der Waals surface area contributed by atoms with Crippen molar-refractivity contribution in [2.24, 2.45) is 0 Å². The molecule has 0 unspecified atom stereocenters. The number of likely N-dealkylation sites (N-methyl/N-ethyl adjacent to an activating group) is 1. The molecule has 2 N–H and O–H groups in total. The zero-order chi connectivity index (χ0) is 17.6. The summed E-state index contributed by atoms with van der Waals surface area (Å²) in [6, 6.07) is 12.5. The molecule has 0 saturated heterocycles. The van der Waals surface area contributed by atoms with E-state index in [2.05, 4.69) is 15.5 Å². The van der Waals surface area contributed by atoms with Gasteiger partial charge >= 0.3 is 0 Å². The summed E-state index contributed by atoms with van der Waals surface area (Å²) in [5, 5.41) is 15.5. The van der Waals surface area contributed by atoms with E-state index < -0.39 is 0 Å². The van der Waals surface area contributed by atoms with E-state index in [-0.39, 0.29) is 18.2 Å². The van der Waals surface area contributed by atoms with Gasteiger partial charge in [0.2, 0.25) is 0 Å². The second-order valence-electron chi connectivity index (χ2n) is 5.46. The topological polar surface area (TPSA) is 91.5 Å². The van der Waals surface area contributed by atoms with Crippen molar-refractivity contribution >= 4 is 17.3 Å². The lowest BCUT2D eigenvalue weighted by Crippen LogP contribution is -2.21. The van der Waals surface area contributed by atoms with E-state index in [0.717, 1.165) is 11.3 Å². The quantitative estimate of drug-likeness (QED) is 0.717. The van der Waals surface area contributed by atoms with Crippen LogP contribution in [0.15, 0.2) is 59.4 Å². The number of anilines is 2. The smallest absolute Gasteiger partial charge is 0.277 e. The summed E-state index contributed by atoms with van der Waals surface area (Å²) in [4.78, 5) is 18.2. The maximum absolute atomic E-state index is 12.3. The Morgan fingerprint density at radius 2 is 2.08 bits per heavy atom. The van der Waals surface area contributed by atoms with E-state index in [9.17, 15) is 4.79 Å². The van der Waals surface area contributed by atoms with Crippen LogP contribution in [0.4, 0.5) is 11.4 Å². The molecule has 3 aromatic rings. The van der Waals surface area contributed by atoms with Gasteiger partial charge in [0, 0.05) is 49.0 Å². The van der Waals surface area contributed by atoms with Crippen LogP contribution in [-0.2, 0) is 0 Å². The monoisotopic (exact) mass is 338 g/mol. The predicted molar refractivity (Wildman–Crippen MR) is 94.5 cm³/mol. The summed E-state index contributed by atoms with van der Waals surface area (Å²) in [7, 11) is 1.89. The number of aliphatic hydroxyl groups excluding tert-OH is 1. The molecule has 1 amide bonds. The lowest BCUT2D eigenvalue weighted by atomic mass is 10.2. The number of hydrogen-bond donors (Lipinski definition) is 2. The second kappa shape index (κ2) is 7.59. The molecule has 1 aromatic carbocycles. The molecule has 0 saturated carbocycles. The van der Waals surface area contributed by atoms with Crippen molar-refractivity contribution in [1.29, 1.82) is 0 Å². The second-order valence-corrected chi connectivity index (χ2v) is 5.46. The first kappa shape index (κ1) is 16.7. The molecule has 25 heavy (non-hydrogen) atoms. The minimum atomic E-state index is -0.352. The highest BCUT2D eigenvalue weighted by Gasteiger charge is 2.14. The van der Waals surface area contributed by atoms with Gasteiger partial charge in [-0.3, -0.25) is 9.78 Å². The Kier molecular flexibility index (Phi) is 5.06. The SMILES string of the molecule is CN(CCO)c1ccc(NC(=O)c2cc(-c3cccnc3)on2)cc1. The van der Waals surface area contributed by atoms with Gasteiger partial charge in [0.15, 0.2) is 11.5 Å². The average Bonchev–Trinajstić information content (AvgIpc) is 3.13. The Morgan fingerprint density at radius 1 is 1.28 bits per heavy atom. The lowest BCUT2D eigenvalue weighted by Gasteiger charge is -2.18. The van der Waals surface area contributed by atoms with E-state index in [1.165, 1.54) is 0 Å². The number of hydrogen-bond acceptors (Lipinski definition) is 6. The number of benzene rings is 1. The normalized spacial score (nSPS) is 10.5. The molecule has 0 aliphatic carbocycles. The van der Waals surface area contributed by atoms with Crippen LogP contribution in [0.2, 0.25) is 0 Å². The van der Waals surface area contributed by atoms with E-state index in [1.807, 2.05) is 30.1 Å². The third-order valence-corrected chi connectivity index (χ3v) is 3.69. The molecule has 2 aromatic heterocycles. The molecule has 7 heteroatoms. The number of pyridine rings is 1. The Labute approximate surface area is 144 Å². The fraction of sp³-hybridized carbons (Fsp3) is 0.167. The molecule has 3 rings (SSSR count). The summed E-state index contributed by atoms with van der Waals surface area (Å²) in [6.07, 6.45) is 3.30. The third-order valence-electron chi connectivity index (χ3n) is 3.69. The number of aliphatic hydroxyl groups is 1. The molecule has 0 atom stereocenters. The number of carbonyl (C=O) groups is 1. The molecule has 0 spiro atoms. The van der Waals surface area contributed by atoms with Crippen molar-refractivity contribution in [3.8, 4) is 11.3 Å². The molecular formula is C18H18N4O3. The van der Waals surface area contributed by atoms with Crippen molar-refractivity contribution in [2.45, 2.75) is 0 Å². The van der Waals surface area contributed by atoms with Crippen molar-refractivity contribution < 1.29 is 14.4 Å². The van der Waals surface area contributed by atoms with Crippen LogP contribution >= 0.6 is 0 Å². The van der Waals surface area contributed by atoms with Crippen molar-refractivity contribution in [3.63, 3.8) is 0 Å². The van der Waals surface area contributed by atoms with E-state index in [4.69, 9.17) is 9.63 Å². The highest BCUT2D eigenvalue weighted by atomic mass is 16.5. The summed E-state index contributed by atoms with van der Waals surface area (Å²) in [6.45, 7) is 0.627. The van der Waals surface area contributed by atoms with E-state index >= 15 is 0 Å². The van der Waals surface area contributed by atoms with Crippen LogP contribution in [0.1, 0.15) is 10.5 Å². The van der Waals surface area contributed by atoms with Gasteiger partial charge in [-0.2, -0.15) is 0 Å². The van der Waals surface area contributed by atoms with Crippen LogP contribution in [-0.4, -0.2) is 41.4 Å². The van der Waals surface area contributed by atoms with Crippen molar-refractivity contribution in [3.05, 3.63) is 60.6 Å². The largest absolute Gasteiger partial charge is 0.395 e. The van der Waals surface area contributed by atoms with Crippen LogP contribution in [0.25, 0.3) is 11.3 Å². The molecule has 0 bridgehead atoms. The highest BCUT2D eigenvalue weighted by Crippen LogP contribution is 2.20. The third kappa shape index (κ3) is 4.02. The zero-order valence-corrected chi connectivity index (χ0v) is 13.7. The molecule has 0 radical (unpaired) electrons. The number of amides is 1. The maximum Gasteiger partial charge on any atom is 0.277 e. The molecule has 2 heterocycles. The van der Waals surface area contributed by atoms with Gasteiger partial charge in [-0.05, 0) is 36.4 Å². The van der Waals surface area contributed by atoms with Crippen LogP contribution in [0.3, 0.4) is 0 Å². The molecule has 0 fully saturated rings. The number of nitrogens with one attached hydrogen (secondary N) is 1. The van der Waals surface area contributed by atoms with Gasteiger partial charge in [-0.1, -0.05) is 5.16 Å². The van der Waals surface area contributed by atoms with E-state index in [1.54, 1.807) is 36.7 Å². The minimum absolute atomic E-state index is 0.0837. The van der Waals surface area contributed by atoms with Crippen molar-refractivity contribution in [2.75, 3.05) is 30.4 Å². The lowest BCUT2D eigenvalue weighted by molar-refractivity contribution is 0.101. The fourth-order valence-electron chi connectivity index (χ4n) is 2.30. The van der Waals surface area contributed by atoms with Gasteiger partial charge in [0.1, 0.15) is 0 Å². The summed E-state index contributed by atoms with van der Waals surface area (Å²) < 4.78 is 5.21. The van der Waals surface area contributed by atoms with Crippen LogP contribution in [0, 0.1) is 0 Å². The minimum Gasteiger partial charge on any atom is -0.395 e. The molecule has 128 valence electrons.